The van der Waals surface area contributed by atoms with Gasteiger partial charge in [0, 0.05) is 20.1 Å². The first kappa shape index (κ1) is 21.9. The van der Waals surface area contributed by atoms with Crippen LogP contribution in [0.3, 0.4) is 0 Å². The van der Waals surface area contributed by atoms with E-state index in [-0.39, 0.29) is 4.90 Å². The highest BCUT2D eigenvalue weighted by Crippen LogP contribution is 2.15. The first-order valence-electron chi connectivity index (χ1n) is 9.44. The van der Waals surface area contributed by atoms with Crippen molar-refractivity contribution in [3.05, 3.63) is 65.2 Å². The zero-order chi connectivity index (χ0) is 20.6. The van der Waals surface area contributed by atoms with Crippen LogP contribution in [0.25, 0.3) is 0 Å². The number of guanidine groups is 1. The summed E-state index contributed by atoms with van der Waals surface area (Å²) in [5.41, 5.74) is 3.51. The molecule has 0 unspecified atom stereocenters. The van der Waals surface area contributed by atoms with E-state index in [2.05, 4.69) is 53.7 Å². The first-order chi connectivity index (χ1) is 13.3. The zero-order valence-electron chi connectivity index (χ0n) is 16.8. The van der Waals surface area contributed by atoms with Crippen LogP contribution in [0.2, 0.25) is 0 Å². The van der Waals surface area contributed by atoms with E-state index in [9.17, 15) is 8.42 Å². The van der Waals surface area contributed by atoms with E-state index in [4.69, 9.17) is 5.14 Å². The van der Waals surface area contributed by atoms with Gasteiger partial charge in [0.05, 0.1) is 4.90 Å². The maximum absolute atomic E-state index is 11.4. The fourth-order valence-electron chi connectivity index (χ4n) is 2.81. The average Bonchev–Trinajstić information content (AvgIpc) is 2.67. The molecule has 4 N–H and O–H groups in total. The highest BCUT2D eigenvalue weighted by Gasteiger charge is 2.08. The molecule has 0 amide bonds. The second-order valence-corrected chi connectivity index (χ2v) is 8.61. The van der Waals surface area contributed by atoms with Gasteiger partial charge in [-0.2, -0.15) is 0 Å². The van der Waals surface area contributed by atoms with Crippen molar-refractivity contribution in [2.24, 2.45) is 10.1 Å². The van der Waals surface area contributed by atoms with Gasteiger partial charge in [0.2, 0.25) is 10.0 Å². The second kappa shape index (κ2) is 10.2. The highest BCUT2D eigenvalue weighted by atomic mass is 32.2. The third kappa shape index (κ3) is 6.98. The van der Waals surface area contributed by atoms with Crippen LogP contribution in [0.15, 0.2) is 58.4 Å². The van der Waals surface area contributed by atoms with Crippen LogP contribution in [-0.2, 0) is 23.0 Å². The molecule has 152 valence electrons. The largest absolute Gasteiger partial charge is 0.356 e. The van der Waals surface area contributed by atoms with E-state index in [0.29, 0.717) is 18.4 Å². The molecular weight excluding hydrogens is 372 g/mol. The monoisotopic (exact) mass is 402 g/mol. The molecule has 7 heteroatoms. The molecule has 0 fully saturated rings. The van der Waals surface area contributed by atoms with Crippen molar-refractivity contribution < 1.29 is 8.42 Å². The van der Waals surface area contributed by atoms with Gasteiger partial charge in [-0.3, -0.25) is 4.99 Å². The molecule has 6 nitrogen and oxygen atoms in total. The van der Waals surface area contributed by atoms with E-state index in [1.165, 1.54) is 17.2 Å². The summed E-state index contributed by atoms with van der Waals surface area (Å²) in [7, 11) is -1.99. The molecule has 0 aliphatic carbocycles. The summed E-state index contributed by atoms with van der Waals surface area (Å²) in [5, 5.41) is 11.6. The van der Waals surface area contributed by atoms with Crippen LogP contribution in [0.1, 0.15) is 42.9 Å². The SMILES string of the molecule is CN=C(NCCCc1ccc(C(C)C)cc1)NCc1cccc(S(N)(=O)=O)c1. The maximum Gasteiger partial charge on any atom is 0.238 e. The molecule has 0 bridgehead atoms. The number of nitrogens with two attached hydrogens (primary N) is 1. The van der Waals surface area contributed by atoms with E-state index in [1.807, 2.05) is 6.07 Å². The van der Waals surface area contributed by atoms with E-state index < -0.39 is 10.0 Å². The molecule has 0 saturated heterocycles. The number of benzene rings is 2. The van der Waals surface area contributed by atoms with Crippen LogP contribution in [-0.4, -0.2) is 28.0 Å². The number of nitrogens with one attached hydrogen (secondary N) is 2. The third-order valence-corrected chi connectivity index (χ3v) is 5.40. The lowest BCUT2D eigenvalue weighted by Gasteiger charge is -2.12. The predicted molar refractivity (Wildman–Crippen MR) is 115 cm³/mol. The standard InChI is InChI=1S/C21H30N4O2S/c1-16(2)19-11-9-17(10-12-19)7-5-13-24-21(23-3)25-15-18-6-4-8-20(14-18)28(22,26)27/h4,6,8-12,14,16H,5,7,13,15H2,1-3H3,(H2,22,26,27)(H2,23,24,25). The van der Waals surface area contributed by atoms with Crippen molar-refractivity contribution in [2.45, 2.75) is 44.0 Å². The number of aliphatic imine (C=N–C) groups is 1. The van der Waals surface area contributed by atoms with Crippen LogP contribution in [0.4, 0.5) is 0 Å². The van der Waals surface area contributed by atoms with E-state index in [0.717, 1.165) is 24.9 Å². The Hall–Kier alpha value is -2.38. The van der Waals surface area contributed by atoms with Crippen molar-refractivity contribution in [3.8, 4) is 0 Å². The average molecular weight is 403 g/mol. The van der Waals surface area contributed by atoms with Crippen LogP contribution >= 0.6 is 0 Å². The Labute approximate surface area is 168 Å². The summed E-state index contributed by atoms with van der Waals surface area (Å²) in [5.74, 6) is 1.23. The second-order valence-electron chi connectivity index (χ2n) is 7.04. The van der Waals surface area contributed by atoms with Gasteiger partial charge >= 0.3 is 0 Å². The number of aryl methyl sites for hydroxylation is 1. The number of hydrogen-bond acceptors (Lipinski definition) is 3. The fourth-order valence-corrected chi connectivity index (χ4v) is 3.39. The van der Waals surface area contributed by atoms with E-state index in [1.54, 1.807) is 19.2 Å². The van der Waals surface area contributed by atoms with Gasteiger partial charge in [-0.05, 0) is 47.6 Å². The normalized spacial score (nSPS) is 12.2. The number of sulfonamides is 1. The number of primary sulfonamides is 1. The molecule has 0 atom stereocenters. The molecule has 0 radical (unpaired) electrons. The highest BCUT2D eigenvalue weighted by molar-refractivity contribution is 7.89. The molecule has 0 heterocycles. The lowest BCUT2D eigenvalue weighted by molar-refractivity contribution is 0.597. The molecule has 28 heavy (non-hydrogen) atoms. The van der Waals surface area contributed by atoms with Gasteiger partial charge in [-0.1, -0.05) is 50.2 Å². The summed E-state index contributed by atoms with van der Waals surface area (Å²) in [6, 6.07) is 15.4. The molecule has 0 aliphatic rings. The summed E-state index contributed by atoms with van der Waals surface area (Å²) >= 11 is 0. The number of rotatable bonds is 8. The van der Waals surface area contributed by atoms with Gasteiger partial charge in [0.15, 0.2) is 5.96 Å². The predicted octanol–water partition coefficient (Wildman–Crippen LogP) is 2.76. The number of hydrogen-bond donors (Lipinski definition) is 3. The Balaban J connectivity index is 1.77. The van der Waals surface area contributed by atoms with Gasteiger partial charge in [0.1, 0.15) is 0 Å². The lowest BCUT2D eigenvalue weighted by atomic mass is 10.0. The van der Waals surface area contributed by atoms with Crippen molar-refractivity contribution >= 4 is 16.0 Å². The summed E-state index contributed by atoms with van der Waals surface area (Å²) in [6.45, 7) is 5.65. The first-order valence-corrected chi connectivity index (χ1v) is 11.0. The summed E-state index contributed by atoms with van der Waals surface area (Å²) in [6.07, 6.45) is 1.99. The van der Waals surface area contributed by atoms with E-state index >= 15 is 0 Å². The van der Waals surface area contributed by atoms with Crippen molar-refractivity contribution in [1.29, 1.82) is 0 Å². The van der Waals surface area contributed by atoms with Crippen molar-refractivity contribution in [1.82, 2.24) is 10.6 Å². The molecule has 0 aromatic heterocycles. The van der Waals surface area contributed by atoms with Crippen LogP contribution in [0.5, 0.6) is 0 Å². The Morgan fingerprint density at radius 2 is 1.79 bits per heavy atom. The Morgan fingerprint density at radius 1 is 1.07 bits per heavy atom. The molecule has 2 aromatic carbocycles. The Kier molecular flexibility index (Phi) is 8.02. The molecule has 0 saturated carbocycles. The number of nitrogens with zero attached hydrogens (tertiary/aromatic N) is 1. The third-order valence-electron chi connectivity index (χ3n) is 4.49. The zero-order valence-corrected chi connectivity index (χ0v) is 17.6. The molecule has 0 aliphatic heterocycles. The smallest absolute Gasteiger partial charge is 0.238 e. The molecular formula is C21H30N4O2S. The molecule has 0 spiro atoms. The molecule has 2 aromatic rings. The van der Waals surface area contributed by atoms with Gasteiger partial charge < -0.3 is 10.6 Å². The minimum atomic E-state index is -3.69. The Morgan fingerprint density at radius 3 is 2.39 bits per heavy atom. The van der Waals surface area contributed by atoms with Crippen molar-refractivity contribution in [3.63, 3.8) is 0 Å². The topological polar surface area (TPSA) is 96.6 Å². The minimum Gasteiger partial charge on any atom is -0.356 e. The summed E-state index contributed by atoms with van der Waals surface area (Å²) < 4.78 is 22.9. The summed E-state index contributed by atoms with van der Waals surface area (Å²) in [4.78, 5) is 4.31. The molecule has 2 rings (SSSR count). The van der Waals surface area contributed by atoms with Crippen LogP contribution in [0, 0.1) is 0 Å². The van der Waals surface area contributed by atoms with Gasteiger partial charge in [-0.25, -0.2) is 13.6 Å². The van der Waals surface area contributed by atoms with Gasteiger partial charge in [-0.15, -0.1) is 0 Å². The quantitative estimate of drug-likeness (QED) is 0.359. The fraction of sp³-hybridized carbons (Fsp3) is 0.381. The Bertz CT molecular complexity index is 891. The van der Waals surface area contributed by atoms with Crippen LogP contribution < -0.4 is 15.8 Å². The maximum atomic E-state index is 11.4. The lowest BCUT2D eigenvalue weighted by Crippen LogP contribution is -2.37. The minimum absolute atomic E-state index is 0.109. The van der Waals surface area contributed by atoms with Crippen molar-refractivity contribution in [2.75, 3.05) is 13.6 Å². The van der Waals surface area contributed by atoms with Gasteiger partial charge in [0.25, 0.3) is 0 Å².